The lowest BCUT2D eigenvalue weighted by Crippen LogP contribution is -1.94. The Morgan fingerprint density at radius 2 is 1.44 bits per heavy atom. The van der Waals surface area contributed by atoms with Crippen molar-refractivity contribution in [3.63, 3.8) is 0 Å². The first-order valence-corrected chi connectivity index (χ1v) is 7.49. The van der Waals surface area contributed by atoms with E-state index in [1.807, 2.05) is 12.1 Å². The van der Waals surface area contributed by atoms with Gasteiger partial charge in [-0.3, -0.25) is 0 Å². The number of hydrogen-bond donors (Lipinski definition) is 0. The lowest BCUT2D eigenvalue weighted by molar-refractivity contribution is 0.548. The summed E-state index contributed by atoms with van der Waals surface area (Å²) in [6.45, 7) is 4.49. The number of hydrogen-bond acceptors (Lipinski definition) is 0. The molecule has 0 aliphatic carbocycles. The van der Waals surface area contributed by atoms with E-state index >= 15 is 0 Å². The van der Waals surface area contributed by atoms with Crippen molar-refractivity contribution in [2.75, 3.05) is 0 Å². The first-order valence-electron chi connectivity index (χ1n) is 7.49. The molecule has 0 aromatic heterocycles. The second kappa shape index (κ2) is 9.13. The Morgan fingerprint density at radius 1 is 0.889 bits per heavy atom. The van der Waals surface area contributed by atoms with Crippen LogP contribution in [0.4, 0.5) is 4.39 Å². The van der Waals surface area contributed by atoms with Gasteiger partial charge in [-0.15, -0.1) is 0 Å². The summed E-state index contributed by atoms with van der Waals surface area (Å²) < 4.78 is 12.8. The summed E-state index contributed by atoms with van der Waals surface area (Å²) in [6.07, 6.45) is 10.7. The molecule has 0 spiro atoms. The van der Waals surface area contributed by atoms with Crippen LogP contribution < -0.4 is 0 Å². The highest BCUT2D eigenvalue weighted by Gasteiger charge is 2.05. The maximum atomic E-state index is 12.8. The first kappa shape index (κ1) is 15.2. The topological polar surface area (TPSA) is 0 Å². The fourth-order valence-electron chi connectivity index (χ4n) is 2.37. The Bertz CT molecular complexity index is 302. The van der Waals surface area contributed by atoms with E-state index in [9.17, 15) is 4.39 Å². The molecule has 1 aromatic carbocycles. The first-order chi connectivity index (χ1) is 8.74. The van der Waals surface area contributed by atoms with Crippen molar-refractivity contribution in [1.82, 2.24) is 0 Å². The predicted molar refractivity (Wildman–Crippen MR) is 77.4 cm³/mol. The normalized spacial score (nSPS) is 12.6. The number of unbranched alkanes of at least 4 members (excludes halogenated alkanes) is 6. The van der Waals surface area contributed by atoms with Crippen molar-refractivity contribution < 1.29 is 4.39 Å². The molecular weight excluding hydrogens is 223 g/mol. The quantitative estimate of drug-likeness (QED) is 0.467. The highest BCUT2D eigenvalue weighted by atomic mass is 19.1. The van der Waals surface area contributed by atoms with E-state index in [1.165, 1.54) is 56.9 Å². The minimum atomic E-state index is -0.137. The molecule has 0 saturated heterocycles. The van der Waals surface area contributed by atoms with Crippen LogP contribution in [0.15, 0.2) is 24.3 Å². The molecule has 0 radical (unpaired) electrons. The monoisotopic (exact) mass is 250 g/mol. The van der Waals surface area contributed by atoms with Crippen molar-refractivity contribution >= 4 is 0 Å². The molecule has 1 unspecified atom stereocenters. The van der Waals surface area contributed by atoms with E-state index in [-0.39, 0.29) is 5.82 Å². The standard InChI is InChI=1S/C17H27F/c1-3-4-5-6-7-8-9-10-15(2)16-11-13-17(18)14-12-16/h11-15H,3-10H2,1-2H3. The van der Waals surface area contributed by atoms with Crippen LogP contribution in [0.5, 0.6) is 0 Å². The van der Waals surface area contributed by atoms with E-state index in [1.54, 1.807) is 12.1 Å². The third-order valence-corrected chi connectivity index (χ3v) is 3.68. The number of halogens is 1. The maximum Gasteiger partial charge on any atom is 0.123 e. The number of rotatable bonds is 9. The smallest absolute Gasteiger partial charge is 0.123 e. The van der Waals surface area contributed by atoms with Crippen LogP contribution >= 0.6 is 0 Å². The van der Waals surface area contributed by atoms with Gasteiger partial charge in [-0.2, -0.15) is 0 Å². The second-order valence-electron chi connectivity index (χ2n) is 5.36. The minimum Gasteiger partial charge on any atom is -0.207 e. The van der Waals surface area contributed by atoms with Crippen molar-refractivity contribution in [3.8, 4) is 0 Å². The molecule has 1 heteroatoms. The zero-order valence-electron chi connectivity index (χ0n) is 11.9. The SMILES string of the molecule is CCCCCCCCCC(C)c1ccc(F)cc1. The van der Waals surface area contributed by atoms with Gasteiger partial charge in [-0.25, -0.2) is 4.39 Å². The lowest BCUT2D eigenvalue weighted by atomic mass is 9.94. The molecule has 0 aliphatic heterocycles. The van der Waals surface area contributed by atoms with Crippen LogP contribution in [0.2, 0.25) is 0 Å². The van der Waals surface area contributed by atoms with Crippen LogP contribution in [0.25, 0.3) is 0 Å². The molecule has 0 aliphatic rings. The van der Waals surface area contributed by atoms with Crippen LogP contribution in [0.1, 0.15) is 76.7 Å². The molecule has 1 aromatic rings. The third-order valence-electron chi connectivity index (χ3n) is 3.68. The van der Waals surface area contributed by atoms with E-state index < -0.39 is 0 Å². The molecular formula is C17H27F. The van der Waals surface area contributed by atoms with Crippen LogP contribution in [0.3, 0.4) is 0 Å². The summed E-state index contributed by atoms with van der Waals surface area (Å²) in [6, 6.07) is 6.97. The van der Waals surface area contributed by atoms with Crippen LogP contribution in [-0.2, 0) is 0 Å². The van der Waals surface area contributed by atoms with Crippen molar-refractivity contribution in [2.45, 2.75) is 71.1 Å². The molecule has 0 saturated carbocycles. The average molecular weight is 250 g/mol. The van der Waals surface area contributed by atoms with E-state index in [4.69, 9.17) is 0 Å². The van der Waals surface area contributed by atoms with Crippen molar-refractivity contribution in [2.24, 2.45) is 0 Å². The summed E-state index contributed by atoms with van der Waals surface area (Å²) in [4.78, 5) is 0. The molecule has 0 nitrogen and oxygen atoms in total. The van der Waals surface area contributed by atoms with Gasteiger partial charge in [0.1, 0.15) is 5.82 Å². The Balaban J connectivity index is 2.10. The van der Waals surface area contributed by atoms with Gasteiger partial charge >= 0.3 is 0 Å². The zero-order valence-corrected chi connectivity index (χ0v) is 11.9. The Labute approximate surface area is 112 Å². The van der Waals surface area contributed by atoms with Gasteiger partial charge in [0.05, 0.1) is 0 Å². The molecule has 0 amide bonds. The summed E-state index contributed by atoms with van der Waals surface area (Å²) in [7, 11) is 0. The zero-order chi connectivity index (χ0) is 13.2. The Kier molecular flexibility index (Phi) is 7.71. The van der Waals surface area contributed by atoms with Crippen molar-refractivity contribution in [1.29, 1.82) is 0 Å². The van der Waals surface area contributed by atoms with Gasteiger partial charge in [-0.1, -0.05) is 70.9 Å². The summed E-state index contributed by atoms with van der Waals surface area (Å²) in [5.41, 5.74) is 1.27. The van der Waals surface area contributed by atoms with Crippen molar-refractivity contribution in [3.05, 3.63) is 35.6 Å². The summed E-state index contributed by atoms with van der Waals surface area (Å²) in [5.74, 6) is 0.420. The molecule has 0 N–H and O–H groups in total. The minimum absolute atomic E-state index is 0.137. The third kappa shape index (κ3) is 6.18. The van der Waals surface area contributed by atoms with Gasteiger partial charge in [-0.05, 0) is 30.0 Å². The number of benzene rings is 1. The van der Waals surface area contributed by atoms with E-state index in [0.29, 0.717) is 5.92 Å². The molecule has 102 valence electrons. The van der Waals surface area contributed by atoms with Gasteiger partial charge < -0.3 is 0 Å². The predicted octanol–water partition coefficient (Wildman–Crippen LogP) is 6.07. The second-order valence-corrected chi connectivity index (χ2v) is 5.36. The maximum absolute atomic E-state index is 12.8. The van der Waals surface area contributed by atoms with Crippen LogP contribution in [0, 0.1) is 5.82 Å². The highest BCUT2D eigenvalue weighted by Crippen LogP contribution is 2.22. The molecule has 0 fully saturated rings. The fraction of sp³-hybridized carbons (Fsp3) is 0.647. The molecule has 1 atom stereocenters. The van der Waals surface area contributed by atoms with E-state index in [0.717, 1.165) is 0 Å². The van der Waals surface area contributed by atoms with E-state index in [2.05, 4.69) is 13.8 Å². The van der Waals surface area contributed by atoms with Crippen LogP contribution in [-0.4, -0.2) is 0 Å². The Morgan fingerprint density at radius 3 is 2.06 bits per heavy atom. The largest absolute Gasteiger partial charge is 0.207 e. The molecule has 0 heterocycles. The molecule has 0 bridgehead atoms. The average Bonchev–Trinajstić information content (AvgIpc) is 2.38. The van der Waals surface area contributed by atoms with Gasteiger partial charge in [0, 0.05) is 0 Å². The Hall–Kier alpha value is -0.850. The fourth-order valence-corrected chi connectivity index (χ4v) is 2.37. The summed E-state index contributed by atoms with van der Waals surface area (Å²) >= 11 is 0. The van der Waals surface area contributed by atoms with Gasteiger partial charge in [0.15, 0.2) is 0 Å². The lowest BCUT2D eigenvalue weighted by Gasteiger charge is -2.11. The van der Waals surface area contributed by atoms with Gasteiger partial charge in [0.2, 0.25) is 0 Å². The molecule has 18 heavy (non-hydrogen) atoms. The highest BCUT2D eigenvalue weighted by molar-refractivity contribution is 5.19. The molecule has 1 rings (SSSR count). The van der Waals surface area contributed by atoms with Gasteiger partial charge in [0.25, 0.3) is 0 Å². The summed E-state index contributed by atoms with van der Waals surface area (Å²) in [5, 5.41) is 0.